The fourth-order valence-corrected chi connectivity index (χ4v) is 8.72. The third-order valence-electron chi connectivity index (χ3n) is 5.41. The molecule has 0 spiro atoms. The monoisotopic (exact) mass is 377 g/mol. The maximum absolute atomic E-state index is 2.70. The maximum Gasteiger partial charge on any atom is 0.0403 e. The van der Waals surface area contributed by atoms with E-state index in [-0.39, 0.29) is 9.70 Å². The van der Waals surface area contributed by atoms with E-state index in [1.165, 1.54) is 58.6 Å². The maximum atomic E-state index is 2.70. The summed E-state index contributed by atoms with van der Waals surface area (Å²) < 4.78 is 2.70. The van der Waals surface area contributed by atoms with Crippen LogP contribution in [0.5, 0.6) is 0 Å². The summed E-state index contributed by atoms with van der Waals surface area (Å²) in [6, 6.07) is 22.5. The van der Waals surface area contributed by atoms with Crippen molar-refractivity contribution in [1.29, 1.82) is 0 Å². The van der Waals surface area contributed by atoms with Gasteiger partial charge in [-0.05, 0) is 50.5 Å². The van der Waals surface area contributed by atoms with E-state index in [4.69, 9.17) is 0 Å². The number of benzene rings is 2. The van der Waals surface area contributed by atoms with Crippen LogP contribution in [0, 0.1) is 0 Å². The Morgan fingerprint density at radius 2 is 1.46 bits per heavy atom. The second-order valence-corrected chi connectivity index (χ2v) is 10.5. The Bertz CT molecular complexity index is 890. The summed E-state index contributed by atoms with van der Waals surface area (Å²) in [5.74, 6) is 0. The van der Waals surface area contributed by atoms with Crippen molar-refractivity contribution in [3.8, 4) is 0 Å². The molecule has 0 bridgehead atoms. The molecule has 2 heterocycles. The van der Waals surface area contributed by atoms with E-state index in [0.717, 1.165) is 0 Å². The summed E-state index contributed by atoms with van der Waals surface area (Å²) in [6.07, 6.45) is 11.8. The SMILES string of the molecule is C1=C(c2ccccc2)SS2=C1C(c1ccccc1)=CN2C1CCCCC1. The minimum absolute atomic E-state index is 0.117. The van der Waals surface area contributed by atoms with E-state index >= 15 is 0 Å². The van der Waals surface area contributed by atoms with E-state index in [1.807, 2.05) is 0 Å². The number of hydrogen-bond donors (Lipinski definition) is 0. The first kappa shape index (κ1) is 16.5. The molecular formula is C23H23NS2. The van der Waals surface area contributed by atoms with Gasteiger partial charge in [-0.15, -0.1) is 0 Å². The van der Waals surface area contributed by atoms with Gasteiger partial charge in [-0.3, -0.25) is 0 Å². The van der Waals surface area contributed by atoms with E-state index in [9.17, 15) is 0 Å². The summed E-state index contributed by atoms with van der Waals surface area (Å²) >= 11 is 0. The van der Waals surface area contributed by atoms with Gasteiger partial charge in [0, 0.05) is 27.6 Å². The van der Waals surface area contributed by atoms with Crippen molar-refractivity contribution in [3.05, 3.63) is 84.1 Å². The van der Waals surface area contributed by atoms with Crippen molar-refractivity contribution < 1.29 is 0 Å². The molecule has 2 aliphatic heterocycles. The van der Waals surface area contributed by atoms with Crippen LogP contribution in [0.25, 0.3) is 10.5 Å². The number of hydrogen-bond acceptors (Lipinski definition) is 2. The highest BCUT2D eigenvalue weighted by molar-refractivity contribution is 8.87. The minimum Gasteiger partial charge on any atom is -0.316 e. The lowest BCUT2D eigenvalue weighted by Gasteiger charge is -2.32. The van der Waals surface area contributed by atoms with Crippen LogP contribution in [0.15, 0.2) is 72.9 Å². The highest BCUT2D eigenvalue weighted by Gasteiger charge is 2.33. The summed E-state index contributed by atoms with van der Waals surface area (Å²) in [6.45, 7) is 0. The zero-order chi connectivity index (χ0) is 17.3. The molecule has 2 aromatic rings. The zero-order valence-corrected chi connectivity index (χ0v) is 16.4. The van der Waals surface area contributed by atoms with Crippen molar-refractivity contribution in [1.82, 2.24) is 4.31 Å². The Morgan fingerprint density at radius 1 is 0.808 bits per heavy atom. The fraction of sp³-hybridized carbons (Fsp3) is 0.261. The molecule has 0 aromatic heterocycles. The van der Waals surface area contributed by atoms with Crippen LogP contribution >= 0.6 is 20.5 Å². The molecule has 1 nitrogen and oxygen atoms in total. The van der Waals surface area contributed by atoms with E-state index < -0.39 is 0 Å². The summed E-state index contributed by atoms with van der Waals surface area (Å²) in [4.78, 5) is 2.94. The molecule has 1 atom stereocenters. The van der Waals surface area contributed by atoms with Crippen LogP contribution < -0.4 is 0 Å². The molecule has 3 heteroatoms. The van der Waals surface area contributed by atoms with Crippen LogP contribution in [-0.2, 0) is 0 Å². The van der Waals surface area contributed by atoms with Gasteiger partial charge >= 0.3 is 0 Å². The molecule has 0 saturated heterocycles. The Balaban J connectivity index is 1.54. The molecule has 0 N–H and O–H groups in total. The first-order valence-electron chi connectivity index (χ1n) is 9.53. The standard InChI is InChI=1S/C23H23NS2/c1-4-10-18(11-5-1)21-17-24(20-14-8-3-9-15-20)26-23(21)16-22(25-26)19-12-6-2-7-13-19/h1-2,4-7,10-13,16-17,20H,3,8-9,14-15H2. The minimum atomic E-state index is 0.117. The van der Waals surface area contributed by atoms with E-state index in [2.05, 4.69) is 88.0 Å². The molecule has 1 unspecified atom stereocenters. The summed E-state index contributed by atoms with van der Waals surface area (Å²) in [5.41, 5.74) is 4.13. The van der Waals surface area contributed by atoms with Crippen LogP contribution in [0.2, 0.25) is 0 Å². The van der Waals surface area contributed by atoms with E-state index in [0.29, 0.717) is 6.04 Å². The molecule has 0 amide bonds. The molecular weight excluding hydrogens is 354 g/mol. The van der Waals surface area contributed by atoms with Gasteiger partial charge in [0.05, 0.1) is 0 Å². The van der Waals surface area contributed by atoms with Gasteiger partial charge in [-0.2, -0.15) is 0 Å². The lowest BCUT2D eigenvalue weighted by Crippen LogP contribution is -2.26. The fourth-order valence-electron chi connectivity index (χ4n) is 4.04. The topological polar surface area (TPSA) is 3.24 Å². The molecule has 3 aliphatic rings. The highest BCUT2D eigenvalue weighted by atomic mass is 33.1. The van der Waals surface area contributed by atoms with Crippen LogP contribution in [-0.4, -0.2) is 15.2 Å². The zero-order valence-electron chi connectivity index (χ0n) is 14.8. The molecule has 1 fully saturated rings. The molecule has 2 aromatic carbocycles. The molecule has 1 saturated carbocycles. The van der Waals surface area contributed by atoms with Gasteiger partial charge in [-0.25, -0.2) is 0 Å². The normalized spacial score (nSPS) is 23.0. The Hall–Kier alpha value is -1.71. The summed E-state index contributed by atoms with van der Waals surface area (Å²) in [5, 5.41) is 0. The predicted molar refractivity (Wildman–Crippen MR) is 118 cm³/mol. The number of nitrogens with zero attached hydrogens (tertiary/aromatic N) is 1. The second kappa shape index (κ2) is 7.13. The molecule has 132 valence electrons. The highest BCUT2D eigenvalue weighted by Crippen LogP contribution is 2.57. The first-order valence-corrected chi connectivity index (χ1v) is 12.0. The van der Waals surface area contributed by atoms with Gasteiger partial charge in [0.1, 0.15) is 0 Å². The number of rotatable bonds is 3. The van der Waals surface area contributed by atoms with Gasteiger partial charge in [-0.1, -0.05) is 79.9 Å². The smallest absolute Gasteiger partial charge is 0.0403 e. The van der Waals surface area contributed by atoms with Crippen molar-refractivity contribution in [3.63, 3.8) is 0 Å². The van der Waals surface area contributed by atoms with Crippen LogP contribution in [0.4, 0.5) is 0 Å². The Labute approximate surface area is 162 Å². The van der Waals surface area contributed by atoms with Gasteiger partial charge in [0.15, 0.2) is 0 Å². The van der Waals surface area contributed by atoms with Crippen molar-refractivity contribution in [2.45, 2.75) is 38.1 Å². The molecule has 26 heavy (non-hydrogen) atoms. The Morgan fingerprint density at radius 3 is 2.15 bits per heavy atom. The van der Waals surface area contributed by atoms with Crippen molar-refractivity contribution in [2.24, 2.45) is 0 Å². The largest absolute Gasteiger partial charge is 0.316 e. The molecule has 0 radical (unpaired) electrons. The summed E-state index contributed by atoms with van der Waals surface area (Å²) in [7, 11) is 2.18. The predicted octanol–water partition coefficient (Wildman–Crippen LogP) is 6.74. The van der Waals surface area contributed by atoms with Crippen molar-refractivity contribution in [2.75, 3.05) is 0 Å². The van der Waals surface area contributed by atoms with Gasteiger partial charge in [0.2, 0.25) is 0 Å². The average Bonchev–Trinajstić information content (AvgIpc) is 3.29. The Kier molecular flexibility index (Phi) is 4.51. The van der Waals surface area contributed by atoms with Gasteiger partial charge < -0.3 is 4.31 Å². The van der Waals surface area contributed by atoms with Crippen LogP contribution in [0.3, 0.4) is 0 Å². The first-order chi connectivity index (χ1) is 12.9. The average molecular weight is 378 g/mol. The van der Waals surface area contributed by atoms with Crippen LogP contribution in [0.1, 0.15) is 43.2 Å². The van der Waals surface area contributed by atoms with Gasteiger partial charge in [0.25, 0.3) is 0 Å². The number of allylic oxidation sites excluding steroid dienone is 2. The third-order valence-corrected chi connectivity index (χ3v) is 9.67. The molecule has 1 aliphatic carbocycles. The van der Waals surface area contributed by atoms with E-state index in [1.54, 1.807) is 0 Å². The lowest BCUT2D eigenvalue weighted by molar-refractivity contribution is 0.327. The quantitative estimate of drug-likeness (QED) is 0.431. The third kappa shape index (κ3) is 2.97. The van der Waals surface area contributed by atoms with Crippen molar-refractivity contribution >= 4 is 35.8 Å². The molecule has 5 rings (SSSR count). The lowest BCUT2D eigenvalue weighted by atomic mass is 9.95. The second-order valence-electron chi connectivity index (χ2n) is 7.13.